The van der Waals surface area contributed by atoms with Gasteiger partial charge in [-0.3, -0.25) is 9.36 Å². The Kier molecular flexibility index (Phi) is 8.07. The zero-order valence-electron chi connectivity index (χ0n) is 16.2. The highest BCUT2D eigenvalue weighted by molar-refractivity contribution is 9.10. The standard InChI is InChI=1S/C20H17BrF2NO5PS/c1-27-18-12-31-20(24-18)16(19(25)14-5-3-2-4-6-14)9-13-7-8-15(17(21)10-13)11-30(26,28-22)29-23/h2-8,10,12,16H,9,11H2,1H3. The summed E-state index contributed by atoms with van der Waals surface area (Å²) in [6.07, 6.45) is -0.281. The van der Waals surface area contributed by atoms with Gasteiger partial charge in [0.1, 0.15) is 5.01 Å². The van der Waals surface area contributed by atoms with Gasteiger partial charge in [0.2, 0.25) is 5.88 Å². The summed E-state index contributed by atoms with van der Waals surface area (Å²) in [4.78, 5) is 17.6. The quantitative estimate of drug-likeness (QED) is 0.216. The van der Waals surface area contributed by atoms with Crippen LogP contribution in [-0.4, -0.2) is 17.9 Å². The Morgan fingerprint density at radius 2 is 1.90 bits per heavy atom. The second-order valence-electron chi connectivity index (χ2n) is 6.55. The fourth-order valence-corrected chi connectivity index (χ4v) is 5.43. The van der Waals surface area contributed by atoms with Crippen molar-refractivity contribution in [1.29, 1.82) is 0 Å². The van der Waals surface area contributed by atoms with E-state index in [-0.39, 0.29) is 5.78 Å². The van der Waals surface area contributed by atoms with E-state index in [0.717, 1.165) is 5.56 Å². The SMILES string of the molecule is COc1csc(C(Cc2ccc(CP(=O)(OF)OF)c(Br)c2)C(=O)c2ccccc2)n1. The first-order valence-electron chi connectivity index (χ1n) is 8.95. The van der Waals surface area contributed by atoms with Crippen molar-refractivity contribution in [3.8, 4) is 5.88 Å². The van der Waals surface area contributed by atoms with Crippen LogP contribution in [0.2, 0.25) is 0 Å². The fourth-order valence-electron chi connectivity index (χ4n) is 2.97. The Hall–Kier alpha value is -1.97. The Morgan fingerprint density at radius 3 is 2.48 bits per heavy atom. The van der Waals surface area contributed by atoms with Gasteiger partial charge in [0.05, 0.1) is 24.6 Å². The molecular weight excluding hydrogens is 515 g/mol. The highest BCUT2D eigenvalue weighted by atomic mass is 79.9. The van der Waals surface area contributed by atoms with Gasteiger partial charge < -0.3 is 4.74 Å². The van der Waals surface area contributed by atoms with Crippen LogP contribution < -0.4 is 4.74 Å². The number of nitrogens with zero attached hydrogens (tertiary/aromatic N) is 1. The summed E-state index contributed by atoms with van der Waals surface area (Å²) in [6, 6.07) is 13.8. The van der Waals surface area contributed by atoms with Gasteiger partial charge in [-0.15, -0.1) is 20.8 Å². The lowest BCUT2D eigenvalue weighted by atomic mass is 9.91. The number of hydrogen-bond donors (Lipinski definition) is 0. The highest BCUT2D eigenvalue weighted by Crippen LogP contribution is 2.53. The lowest BCUT2D eigenvalue weighted by Gasteiger charge is -2.15. The van der Waals surface area contributed by atoms with Gasteiger partial charge in [0, 0.05) is 10.0 Å². The number of aromatic nitrogens is 1. The van der Waals surface area contributed by atoms with Crippen molar-refractivity contribution in [3.05, 3.63) is 80.1 Å². The van der Waals surface area contributed by atoms with Crippen LogP contribution >= 0.6 is 34.9 Å². The number of Topliss-reactive ketones (excluding diaryl/α,β-unsaturated/α-hetero) is 1. The molecule has 6 nitrogen and oxygen atoms in total. The molecule has 0 aliphatic carbocycles. The van der Waals surface area contributed by atoms with Crippen molar-refractivity contribution in [2.24, 2.45) is 0 Å². The first kappa shape index (κ1) is 23.7. The molecule has 1 unspecified atom stereocenters. The number of rotatable bonds is 10. The lowest BCUT2D eigenvalue weighted by Crippen LogP contribution is -2.16. The van der Waals surface area contributed by atoms with Crippen LogP contribution in [0.5, 0.6) is 5.88 Å². The maximum Gasteiger partial charge on any atom is 0.399 e. The third-order valence-corrected chi connectivity index (χ3v) is 7.34. The molecule has 2 aromatic carbocycles. The van der Waals surface area contributed by atoms with Crippen LogP contribution in [0.25, 0.3) is 0 Å². The third kappa shape index (κ3) is 5.84. The molecule has 0 aliphatic rings. The Balaban J connectivity index is 1.90. The number of thiazole rings is 1. The zero-order chi connectivity index (χ0) is 22.4. The van der Waals surface area contributed by atoms with Gasteiger partial charge in [0.15, 0.2) is 5.78 Å². The topological polar surface area (TPSA) is 74.7 Å². The number of carbonyl (C=O) groups excluding carboxylic acids is 1. The van der Waals surface area contributed by atoms with Crippen LogP contribution in [0.3, 0.4) is 0 Å². The number of halogens is 3. The minimum Gasteiger partial charge on any atom is -0.480 e. The molecule has 0 aliphatic heterocycles. The summed E-state index contributed by atoms with van der Waals surface area (Å²) in [5.74, 6) is -0.238. The molecule has 1 heterocycles. The Morgan fingerprint density at radius 1 is 1.19 bits per heavy atom. The van der Waals surface area contributed by atoms with E-state index >= 15 is 0 Å². The maximum atomic E-state index is 13.2. The molecule has 3 aromatic rings. The largest absolute Gasteiger partial charge is 0.480 e. The van der Waals surface area contributed by atoms with Gasteiger partial charge >= 0.3 is 7.60 Å². The van der Waals surface area contributed by atoms with Crippen LogP contribution in [0.15, 0.2) is 58.4 Å². The van der Waals surface area contributed by atoms with Crippen molar-refractivity contribution < 1.29 is 32.6 Å². The number of methoxy groups -OCH3 is 1. The van der Waals surface area contributed by atoms with E-state index in [0.29, 0.717) is 32.9 Å². The predicted molar refractivity (Wildman–Crippen MR) is 116 cm³/mol. The molecule has 0 bridgehead atoms. The summed E-state index contributed by atoms with van der Waals surface area (Å²) in [7, 11) is -3.01. The van der Waals surface area contributed by atoms with E-state index in [2.05, 4.69) is 30.4 Å². The second kappa shape index (κ2) is 10.6. The van der Waals surface area contributed by atoms with E-state index in [1.165, 1.54) is 24.5 Å². The molecule has 1 atom stereocenters. The molecule has 11 heteroatoms. The number of hydrogen-bond acceptors (Lipinski definition) is 7. The van der Waals surface area contributed by atoms with Gasteiger partial charge in [-0.05, 0) is 32.7 Å². The fraction of sp³-hybridized carbons (Fsp3) is 0.200. The number of ketones is 1. The van der Waals surface area contributed by atoms with Gasteiger partial charge in [-0.1, -0.05) is 58.4 Å². The minimum atomic E-state index is -4.52. The molecule has 164 valence electrons. The monoisotopic (exact) mass is 531 g/mol. The molecule has 1 aromatic heterocycles. The van der Waals surface area contributed by atoms with Crippen molar-refractivity contribution in [2.45, 2.75) is 18.5 Å². The van der Waals surface area contributed by atoms with E-state index < -0.39 is 19.7 Å². The maximum absolute atomic E-state index is 13.2. The summed E-state index contributed by atoms with van der Waals surface area (Å²) in [6.45, 7) is 0. The molecule has 0 radical (unpaired) electrons. The smallest absolute Gasteiger partial charge is 0.399 e. The third-order valence-electron chi connectivity index (χ3n) is 4.51. The molecule has 31 heavy (non-hydrogen) atoms. The average Bonchev–Trinajstić information content (AvgIpc) is 3.28. The molecule has 0 N–H and O–H groups in total. The second-order valence-corrected chi connectivity index (χ2v) is 10.1. The van der Waals surface area contributed by atoms with Crippen molar-refractivity contribution >= 4 is 40.6 Å². The summed E-state index contributed by atoms with van der Waals surface area (Å²) in [5, 5.41) is 2.33. The summed E-state index contributed by atoms with van der Waals surface area (Å²) >= 11 is 4.63. The van der Waals surface area contributed by atoms with Crippen molar-refractivity contribution in [2.75, 3.05) is 7.11 Å². The van der Waals surface area contributed by atoms with Crippen molar-refractivity contribution in [1.82, 2.24) is 4.98 Å². The predicted octanol–water partition coefficient (Wildman–Crippen LogP) is 6.62. The minimum absolute atomic E-state index is 0.0982. The van der Waals surface area contributed by atoms with Crippen LogP contribution in [0, 0.1) is 0 Å². The zero-order valence-corrected chi connectivity index (χ0v) is 19.5. The number of carbonyl (C=O) groups is 1. The van der Waals surface area contributed by atoms with Crippen LogP contribution in [0.1, 0.15) is 32.4 Å². The first-order valence-corrected chi connectivity index (χ1v) is 12.3. The molecule has 0 spiro atoms. The lowest BCUT2D eigenvalue weighted by molar-refractivity contribution is -0.0881. The van der Waals surface area contributed by atoms with Gasteiger partial charge in [0.25, 0.3) is 0 Å². The molecule has 0 saturated heterocycles. The molecule has 0 saturated carbocycles. The first-order chi connectivity index (χ1) is 14.9. The van der Waals surface area contributed by atoms with E-state index in [9.17, 15) is 18.4 Å². The normalized spacial score (nSPS) is 12.5. The Bertz CT molecular complexity index is 1090. The molecular formula is C20H17BrF2NO5PS. The summed E-state index contributed by atoms with van der Waals surface area (Å²) in [5.41, 5.74) is 1.64. The molecule has 0 amide bonds. The number of ether oxygens (including phenoxy) is 1. The Labute approximate surface area is 189 Å². The van der Waals surface area contributed by atoms with E-state index in [1.54, 1.807) is 41.8 Å². The highest BCUT2D eigenvalue weighted by Gasteiger charge is 2.30. The molecule has 0 fully saturated rings. The van der Waals surface area contributed by atoms with Crippen LogP contribution in [0.4, 0.5) is 9.05 Å². The van der Waals surface area contributed by atoms with E-state index in [1.807, 2.05) is 6.07 Å². The molecule has 3 rings (SSSR count). The van der Waals surface area contributed by atoms with Crippen molar-refractivity contribution in [3.63, 3.8) is 0 Å². The van der Waals surface area contributed by atoms with E-state index in [4.69, 9.17) is 4.74 Å². The van der Waals surface area contributed by atoms with Gasteiger partial charge in [-0.2, -0.15) is 0 Å². The average molecular weight is 532 g/mol. The van der Waals surface area contributed by atoms with Gasteiger partial charge in [-0.25, -0.2) is 4.98 Å². The summed E-state index contributed by atoms with van der Waals surface area (Å²) < 4.78 is 48.4. The number of benzene rings is 2. The van der Waals surface area contributed by atoms with Crippen LogP contribution in [-0.2, 0) is 26.6 Å².